The van der Waals surface area contributed by atoms with Crippen molar-refractivity contribution in [2.45, 2.75) is 127 Å². The number of aromatic amines is 2. The third-order valence-electron chi connectivity index (χ3n) is 14.0. The van der Waals surface area contributed by atoms with Crippen LogP contribution in [0.1, 0.15) is 81.2 Å². The zero-order chi connectivity index (χ0) is 58.7. The van der Waals surface area contributed by atoms with Crippen LogP contribution in [0, 0.1) is 0 Å². The molecule has 16 N–H and O–H groups in total. The number of fused-ring (bicyclic) bond motifs is 2. The average Bonchev–Trinajstić information content (AvgIpc) is 4.33. The predicted octanol–water partition coefficient (Wildman–Crippen LogP) is 0.999. The van der Waals surface area contributed by atoms with E-state index in [-0.39, 0.29) is 63.9 Å². The molecule has 4 aromatic carbocycles. The number of amides is 9. The van der Waals surface area contributed by atoms with Gasteiger partial charge in [0.1, 0.15) is 42.3 Å². The SMILES string of the molecule is CCCC[C@H](NC(C)=O)C(=O)N[C@H]1CC(=O)NCCCC[C@@H](C(N)=O)NC(=O)[C@H](Cc2c[nH]c3ccccc23)NC(=O)[C@H](Cc2ccc(N=C(N)N)cc2)NC(=O)[C@@H](Cc2ccc3ccccc3c2)NC(=O)[C@H](Cc2cnc[nH]2)NC1=O. The number of rotatable bonds is 16. The molecule has 24 heteroatoms. The molecule has 0 bridgehead atoms. The van der Waals surface area contributed by atoms with Gasteiger partial charge in [-0.2, -0.15) is 0 Å². The summed E-state index contributed by atoms with van der Waals surface area (Å²) in [6.07, 6.45) is 5.31. The first-order valence-corrected chi connectivity index (χ1v) is 27.3. The number of benzene rings is 4. The molecule has 7 rings (SSSR count). The highest BCUT2D eigenvalue weighted by atomic mass is 16.2. The molecule has 3 heterocycles. The molecule has 0 spiro atoms. The molecule has 7 atom stereocenters. The number of carbonyl (C=O) groups is 9. The van der Waals surface area contributed by atoms with Crippen LogP contribution in [0.5, 0.6) is 0 Å². The van der Waals surface area contributed by atoms with Crippen molar-refractivity contribution >= 4 is 86.5 Å². The zero-order valence-corrected chi connectivity index (χ0v) is 45.7. The molecule has 1 saturated heterocycles. The van der Waals surface area contributed by atoms with E-state index in [0.717, 1.165) is 21.7 Å². The van der Waals surface area contributed by atoms with Gasteiger partial charge in [-0.25, -0.2) is 9.98 Å². The molecule has 82 heavy (non-hydrogen) atoms. The number of hydrogen-bond donors (Lipinski definition) is 13. The van der Waals surface area contributed by atoms with Crippen molar-refractivity contribution < 1.29 is 43.2 Å². The molecule has 432 valence electrons. The number of aliphatic imine (C=N–C) groups is 1. The predicted molar refractivity (Wildman–Crippen MR) is 307 cm³/mol. The Morgan fingerprint density at radius 2 is 1.32 bits per heavy atom. The number of nitrogens with one attached hydrogen (secondary N) is 10. The van der Waals surface area contributed by atoms with Crippen molar-refractivity contribution in [3.8, 4) is 0 Å². The second kappa shape index (κ2) is 29.0. The number of guanidine groups is 1. The summed E-state index contributed by atoms with van der Waals surface area (Å²) < 4.78 is 0. The first-order valence-electron chi connectivity index (χ1n) is 27.3. The fourth-order valence-corrected chi connectivity index (χ4v) is 9.68. The lowest BCUT2D eigenvalue weighted by Crippen LogP contribution is -2.61. The van der Waals surface area contributed by atoms with Gasteiger partial charge in [-0.05, 0) is 71.3 Å². The van der Waals surface area contributed by atoms with Crippen LogP contribution in [0.3, 0.4) is 0 Å². The minimum atomic E-state index is -1.60. The van der Waals surface area contributed by atoms with Crippen LogP contribution in [0.25, 0.3) is 21.7 Å². The van der Waals surface area contributed by atoms with Crippen molar-refractivity contribution in [2.24, 2.45) is 22.2 Å². The molecule has 0 aliphatic carbocycles. The number of para-hydroxylation sites is 1. The summed E-state index contributed by atoms with van der Waals surface area (Å²) in [5, 5.41) is 24.4. The number of hydrogen-bond acceptors (Lipinski definition) is 11. The van der Waals surface area contributed by atoms with E-state index in [1.165, 1.54) is 19.4 Å². The Labute approximate surface area is 473 Å². The number of nitrogens with zero attached hydrogens (tertiary/aromatic N) is 2. The Hall–Kier alpha value is -9.61. The third kappa shape index (κ3) is 17.4. The first kappa shape index (κ1) is 60.0. The van der Waals surface area contributed by atoms with Crippen molar-refractivity contribution in [1.82, 2.24) is 57.5 Å². The van der Waals surface area contributed by atoms with E-state index in [2.05, 4.69) is 62.5 Å². The Morgan fingerprint density at radius 1 is 0.695 bits per heavy atom. The fraction of sp³-hybridized carbons (Fsp3) is 0.362. The Morgan fingerprint density at radius 3 is 1.98 bits per heavy atom. The van der Waals surface area contributed by atoms with Gasteiger partial charge in [-0.15, -0.1) is 0 Å². The van der Waals surface area contributed by atoms with Crippen molar-refractivity contribution in [3.05, 3.63) is 132 Å². The molecule has 0 radical (unpaired) electrons. The number of aromatic nitrogens is 3. The number of imidazole rings is 1. The highest BCUT2D eigenvalue weighted by molar-refractivity contribution is 5.99. The van der Waals surface area contributed by atoms with Crippen LogP contribution < -0.4 is 59.7 Å². The topological polar surface area (TPSA) is 385 Å². The van der Waals surface area contributed by atoms with Gasteiger partial charge in [-0.3, -0.25) is 43.2 Å². The van der Waals surface area contributed by atoms with Crippen molar-refractivity contribution in [2.75, 3.05) is 6.54 Å². The minimum absolute atomic E-state index is 0.0277. The van der Waals surface area contributed by atoms with E-state index in [0.29, 0.717) is 40.9 Å². The molecule has 1 aliphatic heterocycles. The maximum absolute atomic E-state index is 15.2. The average molecular weight is 1120 g/mol. The van der Waals surface area contributed by atoms with Gasteiger partial charge in [0.15, 0.2) is 5.96 Å². The van der Waals surface area contributed by atoms with E-state index in [9.17, 15) is 33.6 Å². The maximum atomic E-state index is 15.2. The van der Waals surface area contributed by atoms with Crippen LogP contribution in [0.15, 0.2) is 115 Å². The summed E-state index contributed by atoms with van der Waals surface area (Å²) in [7, 11) is 0. The van der Waals surface area contributed by atoms with E-state index >= 15 is 9.59 Å². The van der Waals surface area contributed by atoms with Crippen LogP contribution in [-0.2, 0) is 68.8 Å². The molecule has 1 fully saturated rings. The molecule has 0 unspecified atom stereocenters. The number of nitrogens with two attached hydrogens (primary N) is 3. The molecule has 2 aromatic heterocycles. The normalized spacial score (nSPS) is 20.4. The lowest BCUT2D eigenvalue weighted by atomic mass is 9.99. The van der Waals surface area contributed by atoms with Crippen LogP contribution in [-0.4, -0.2) is 123 Å². The second-order valence-corrected chi connectivity index (χ2v) is 20.4. The van der Waals surface area contributed by atoms with E-state index in [1.54, 1.807) is 36.5 Å². The lowest BCUT2D eigenvalue weighted by Gasteiger charge is -2.28. The number of unbranched alkanes of at least 4 members (excludes halogenated alkanes) is 1. The standard InChI is InChI=1S/C58H71N15O9/c1-3-4-14-44(66-33(2)74)52(77)73-49-29-50(75)63-23-10-9-16-43(51(59)76)68-55(80)47(27-38-30-64-42-15-8-7-13-41(38)42)71-53(78)45(25-34-18-21-39(22-19-34)67-58(60)61)69-54(79)46(26-35-17-20-36-11-5-6-12-37(36)24-35)70-56(81)48(72-57(49)82)28-40-31-62-32-65-40/h5-8,11-13,15,17-22,24,30-32,43-49,64H,3-4,9-10,14,16,23,25-29H2,1-2H3,(H2,59,76)(H,62,65)(H,63,75)(H,66,74)(H,68,80)(H,69,79)(H,70,81)(H,71,78)(H,72,82)(H,73,77)(H4,60,61,67)/t43-,44-,45-,46+,47-,48-,49-/m0/s1. The highest BCUT2D eigenvalue weighted by Crippen LogP contribution is 2.22. The molecular formula is C58H71N15O9. The quantitative estimate of drug-likeness (QED) is 0.0477. The fourth-order valence-electron chi connectivity index (χ4n) is 9.68. The minimum Gasteiger partial charge on any atom is -0.370 e. The van der Waals surface area contributed by atoms with Crippen molar-refractivity contribution in [1.29, 1.82) is 0 Å². The summed E-state index contributed by atoms with van der Waals surface area (Å²) in [5.74, 6) is -7.18. The number of carbonyl (C=O) groups excluding carboxylic acids is 9. The highest BCUT2D eigenvalue weighted by Gasteiger charge is 2.36. The maximum Gasteiger partial charge on any atom is 0.243 e. The third-order valence-corrected chi connectivity index (χ3v) is 14.0. The molecular weight excluding hydrogens is 1050 g/mol. The Kier molecular flexibility index (Phi) is 21.3. The monoisotopic (exact) mass is 1120 g/mol. The van der Waals surface area contributed by atoms with Crippen LogP contribution >= 0.6 is 0 Å². The zero-order valence-electron chi connectivity index (χ0n) is 45.7. The Bertz CT molecular complexity index is 3270. The van der Waals surface area contributed by atoms with E-state index < -0.39 is 102 Å². The van der Waals surface area contributed by atoms with Crippen molar-refractivity contribution in [3.63, 3.8) is 0 Å². The van der Waals surface area contributed by atoms with Gasteiger partial charge in [0.25, 0.3) is 0 Å². The first-order chi connectivity index (χ1) is 39.4. The van der Waals surface area contributed by atoms with Gasteiger partial charge in [0, 0.05) is 68.1 Å². The smallest absolute Gasteiger partial charge is 0.243 e. The summed E-state index contributed by atoms with van der Waals surface area (Å²) >= 11 is 0. The van der Waals surface area contributed by atoms with E-state index in [1.807, 2.05) is 67.6 Å². The van der Waals surface area contributed by atoms with E-state index in [4.69, 9.17) is 17.2 Å². The lowest BCUT2D eigenvalue weighted by molar-refractivity contribution is -0.136. The van der Waals surface area contributed by atoms with Gasteiger partial charge < -0.3 is 69.7 Å². The number of primary amides is 1. The molecule has 6 aromatic rings. The summed E-state index contributed by atoms with van der Waals surface area (Å²) in [6.45, 7) is 3.19. The van der Waals surface area contributed by atoms with Crippen LogP contribution in [0.2, 0.25) is 0 Å². The molecule has 24 nitrogen and oxygen atoms in total. The second-order valence-electron chi connectivity index (χ2n) is 20.4. The van der Waals surface area contributed by atoms with Gasteiger partial charge in [0.05, 0.1) is 18.4 Å². The molecule has 1 aliphatic rings. The molecule has 9 amide bonds. The van der Waals surface area contributed by atoms with Gasteiger partial charge in [0.2, 0.25) is 53.2 Å². The molecule has 0 saturated carbocycles. The largest absolute Gasteiger partial charge is 0.370 e. The Balaban J connectivity index is 1.30. The summed E-state index contributed by atoms with van der Waals surface area (Å²) in [6, 6.07) is 17.3. The van der Waals surface area contributed by atoms with Crippen LogP contribution in [0.4, 0.5) is 5.69 Å². The number of H-pyrrole nitrogens is 2. The summed E-state index contributed by atoms with van der Waals surface area (Å²) in [4.78, 5) is 142. The summed E-state index contributed by atoms with van der Waals surface area (Å²) in [5.41, 5.74) is 20.5. The van der Waals surface area contributed by atoms with Gasteiger partial charge >= 0.3 is 0 Å². The van der Waals surface area contributed by atoms with Gasteiger partial charge in [-0.1, -0.05) is 92.6 Å².